The Hall–Kier alpha value is -1.20. The smallest absolute Gasteiger partial charge is 0.178 e. The van der Waals surface area contributed by atoms with Crippen LogP contribution < -0.4 is 0 Å². The van der Waals surface area contributed by atoms with Gasteiger partial charge in [-0.3, -0.25) is 4.98 Å². The summed E-state index contributed by atoms with van der Waals surface area (Å²) in [5.41, 5.74) is 2.26. The number of nitrogens with one attached hydrogen (secondary N) is 1. The third-order valence-electron chi connectivity index (χ3n) is 4.68. The number of imidazole rings is 1. The first-order valence-corrected chi connectivity index (χ1v) is 7.52. The highest BCUT2D eigenvalue weighted by Gasteiger charge is 2.33. The van der Waals surface area contributed by atoms with Crippen molar-refractivity contribution < 1.29 is 0 Å². The van der Waals surface area contributed by atoms with Gasteiger partial charge in [-0.2, -0.15) is 0 Å². The van der Waals surface area contributed by atoms with Gasteiger partial charge >= 0.3 is 0 Å². The van der Waals surface area contributed by atoms with E-state index in [0.717, 1.165) is 16.3 Å². The van der Waals surface area contributed by atoms with Gasteiger partial charge in [0, 0.05) is 24.8 Å². The number of H-pyrrole nitrogens is 1. The van der Waals surface area contributed by atoms with Gasteiger partial charge in [-0.25, -0.2) is 0 Å². The fourth-order valence-electron chi connectivity index (χ4n) is 3.78. The van der Waals surface area contributed by atoms with Gasteiger partial charge in [0.15, 0.2) is 4.77 Å². The minimum Gasteiger partial charge on any atom is -0.329 e. The Kier molecular flexibility index (Phi) is 2.70. The molecule has 2 unspecified atom stereocenters. The molecule has 2 aliphatic heterocycles. The highest BCUT2D eigenvalue weighted by molar-refractivity contribution is 7.71. The molecule has 2 aliphatic rings. The molecule has 0 aliphatic carbocycles. The van der Waals surface area contributed by atoms with E-state index in [0.29, 0.717) is 6.04 Å². The van der Waals surface area contributed by atoms with Crippen molar-refractivity contribution in [3.63, 3.8) is 0 Å². The summed E-state index contributed by atoms with van der Waals surface area (Å²) in [5, 5.41) is 0. The summed E-state index contributed by atoms with van der Waals surface area (Å²) in [4.78, 5) is 10.1. The lowest BCUT2D eigenvalue weighted by atomic mass is 9.97. The van der Waals surface area contributed by atoms with Gasteiger partial charge in [0.1, 0.15) is 0 Å². The van der Waals surface area contributed by atoms with E-state index >= 15 is 0 Å². The van der Waals surface area contributed by atoms with Crippen LogP contribution >= 0.6 is 12.2 Å². The number of nitrogens with zero attached hydrogens (tertiary/aromatic N) is 3. The van der Waals surface area contributed by atoms with E-state index in [-0.39, 0.29) is 0 Å². The van der Waals surface area contributed by atoms with Crippen LogP contribution in [-0.2, 0) is 0 Å². The lowest BCUT2D eigenvalue weighted by Gasteiger charge is -2.35. The molecule has 100 valence electrons. The SMILES string of the molecule is S=c1[nH]c2cnccc2n1C1CCN2CCCC2C1. The Labute approximate surface area is 117 Å². The van der Waals surface area contributed by atoms with Gasteiger partial charge in [-0.1, -0.05) is 0 Å². The maximum absolute atomic E-state index is 5.52. The fraction of sp³-hybridized carbons (Fsp3) is 0.571. The van der Waals surface area contributed by atoms with Crippen molar-refractivity contribution >= 4 is 23.3 Å². The van der Waals surface area contributed by atoms with E-state index in [1.807, 2.05) is 12.4 Å². The average molecular weight is 274 g/mol. The van der Waals surface area contributed by atoms with Crippen LogP contribution in [0.3, 0.4) is 0 Å². The summed E-state index contributed by atoms with van der Waals surface area (Å²) >= 11 is 5.52. The zero-order chi connectivity index (χ0) is 12.8. The van der Waals surface area contributed by atoms with Gasteiger partial charge in [-0.05, 0) is 50.5 Å². The number of piperidine rings is 1. The number of hydrogen-bond donors (Lipinski definition) is 1. The fourth-order valence-corrected chi connectivity index (χ4v) is 4.14. The van der Waals surface area contributed by atoms with Gasteiger partial charge in [-0.15, -0.1) is 0 Å². The van der Waals surface area contributed by atoms with Crippen LogP contribution in [-0.4, -0.2) is 38.6 Å². The van der Waals surface area contributed by atoms with E-state index in [1.165, 1.54) is 44.3 Å². The summed E-state index contributed by atoms with van der Waals surface area (Å²) in [6.07, 6.45) is 8.89. The largest absolute Gasteiger partial charge is 0.329 e. The first-order chi connectivity index (χ1) is 9.33. The Balaban J connectivity index is 1.74. The van der Waals surface area contributed by atoms with Crippen molar-refractivity contribution in [1.29, 1.82) is 0 Å². The molecule has 4 nitrogen and oxygen atoms in total. The van der Waals surface area contributed by atoms with E-state index in [4.69, 9.17) is 12.2 Å². The minimum absolute atomic E-state index is 0.544. The number of aromatic nitrogens is 3. The van der Waals surface area contributed by atoms with Crippen molar-refractivity contribution in [3.05, 3.63) is 23.2 Å². The molecule has 0 amide bonds. The zero-order valence-corrected chi connectivity index (χ0v) is 11.7. The third kappa shape index (κ3) is 1.83. The van der Waals surface area contributed by atoms with Crippen LogP contribution in [0.5, 0.6) is 0 Å². The molecule has 0 bridgehead atoms. The minimum atomic E-state index is 0.544. The van der Waals surface area contributed by atoms with Crippen LogP contribution in [0, 0.1) is 4.77 Å². The first-order valence-electron chi connectivity index (χ1n) is 7.11. The van der Waals surface area contributed by atoms with Crippen LogP contribution in [0.2, 0.25) is 0 Å². The molecule has 4 heterocycles. The molecule has 2 atom stereocenters. The van der Waals surface area contributed by atoms with Gasteiger partial charge < -0.3 is 14.5 Å². The number of rotatable bonds is 1. The van der Waals surface area contributed by atoms with Gasteiger partial charge in [0.05, 0.1) is 17.2 Å². The van der Waals surface area contributed by atoms with Crippen LogP contribution in [0.15, 0.2) is 18.5 Å². The summed E-state index contributed by atoms with van der Waals surface area (Å²) < 4.78 is 3.17. The van der Waals surface area contributed by atoms with Crippen molar-refractivity contribution in [2.75, 3.05) is 13.1 Å². The number of pyridine rings is 1. The maximum Gasteiger partial charge on any atom is 0.178 e. The van der Waals surface area contributed by atoms with E-state index < -0.39 is 0 Å². The van der Waals surface area contributed by atoms with Crippen LogP contribution in [0.1, 0.15) is 31.7 Å². The summed E-state index contributed by atoms with van der Waals surface area (Å²) in [6, 6.07) is 3.39. The van der Waals surface area contributed by atoms with Crippen molar-refractivity contribution in [1.82, 2.24) is 19.4 Å². The third-order valence-corrected chi connectivity index (χ3v) is 4.97. The molecule has 2 saturated heterocycles. The average Bonchev–Trinajstić information content (AvgIpc) is 3.00. The second kappa shape index (κ2) is 4.42. The molecule has 4 rings (SSSR count). The van der Waals surface area contributed by atoms with Crippen molar-refractivity contribution in [2.45, 2.75) is 37.8 Å². The lowest BCUT2D eigenvalue weighted by Crippen LogP contribution is -2.38. The number of fused-ring (bicyclic) bond motifs is 2. The molecule has 19 heavy (non-hydrogen) atoms. The quantitative estimate of drug-likeness (QED) is 0.812. The van der Waals surface area contributed by atoms with Crippen LogP contribution in [0.25, 0.3) is 11.0 Å². The summed E-state index contributed by atoms with van der Waals surface area (Å²) in [7, 11) is 0. The molecule has 2 aromatic rings. The second-order valence-corrected chi connectivity index (χ2v) is 6.09. The molecular weight excluding hydrogens is 256 g/mol. The Morgan fingerprint density at radius 2 is 2.21 bits per heavy atom. The molecule has 0 radical (unpaired) electrons. The van der Waals surface area contributed by atoms with E-state index in [9.17, 15) is 0 Å². The Morgan fingerprint density at radius 3 is 3.16 bits per heavy atom. The van der Waals surface area contributed by atoms with E-state index in [1.54, 1.807) is 0 Å². The van der Waals surface area contributed by atoms with Crippen molar-refractivity contribution in [3.8, 4) is 0 Å². The molecule has 5 heteroatoms. The Bertz CT molecular complexity index is 659. The summed E-state index contributed by atoms with van der Waals surface area (Å²) in [6.45, 7) is 2.51. The molecule has 2 aromatic heterocycles. The normalized spacial score (nSPS) is 27.8. The molecule has 1 N–H and O–H groups in total. The highest BCUT2D eigenvalue weighted by atomic mass is 32.1. The molecule has 2 fully saturated rings. The Morgan fingerprint density at radius 1 is 1.26 bits per heavy atom. The monoisotopic (exact) mass is 274 g/mol. The topological polar surface area (TPSA) is 36.9 Å². The van der Waals surface area contributed by atoms with Gasteiger partial charge in [0.25, 0.3) is 0 Å². The number of hydrogen-bond acceptors (Lipinski definition) is 3. The molecule has 0 aromatic carbocycles. The second-order valence-electron chi connectivity index (χ2n) is 5.70. The first kappa shape index (κ1) is 11.6. The predicted octanol–water partition coefficient (Wildman–Crippen LogP) is 2.89. The van der Waals surface area contributed by atoms with E-state index in [2.05, 4.69) is 25.5 Å². The molecule has 0 spiro atoms. The van der Waals surface area contributed by atoms with Gasteiger partial charge in [0.2, 0.25) is 0 Å². The summed E-state index contributed by atoms with van der Waals surface area (Å²) in [5.74, 6) is 0. The highest BCUT2D eigenvalue weighted by Crippen LogP contribution is 2.34. The predicted molar refractivity (Wildman–Crippen MR) is 77.8 cm³/mol. The lowest BCUT2D eigenvalue weighted by molar-refractivity contribution is 0.156. The molecular formula is C14H18N4S. The maximum atomic E-state index is 5.52. The standard InChI is InChI=1S/C14H18N4S/c19-14-16-12-9-15-5-3-13(12)18(14)11-4-7-17-6-1-2-10(17)8-11/h3,5,9-11H,1-2,4,6-8H2,(H,16,19). The zero-order valence-electron chi connectivity index (χ0n) is 10.9. The molecule has 0 saturated carbocycles. The van der Waals surface area contributed by atoms with Crippen LogP contribution in [0.4, 0.5) is 0 Å². The van der Waals surface area contributed by atoms with Crippen molar-refractivity contribution in [2.24, 2.45) is 0 Å². The number of aromatic amines is 1.